The van der Waals surface area contributed by atoms with Gasteiger partial charge in [0.1, 0.15) is 18.1 Å². The van der Waals surface area contributed by atoms with E-state index in [2.05, 4.69) is 5.16 Å². The van der Waals surface area contributed by atoms with Gasteiger partial charge in [-0.05, 0) is 26.0 Å². The minimum Gasteiger partial charge on any atom is -0.493 e. The second-order valence-electron chi connectivity index (χ2n) is 4.21. The molecule has 108 valence electrons. The van der Waals surface area contributed by atoms with Gasteiger partial charge in [0, 0.05) is 5.56 Å². The number of carbonyl (C=O) groups is 1. The number of rotatable bonds is 6. The highest BCUT2D eigenvalue weighted by Gasteiger charge is 2.26. The van der Waals surface area contributed by atoms with Crippen LogP contribution in [0.25, 0.3) is 0 Å². The van der Waals surface area contributed by atoms with Gasteiger partial charge in [-0.15, -0.1) is 0 Å². The third-order valence-electron chi connectivity index (χ3n) is 2.89. The summed E-state index contributed by atoms with van der Waals surface area (Å²) in [5.74, 6) is -0.119. The quantitative estimate of drug-likeness (QED) is 0.864. The maximum atomic E-state index is 11.2. The molecule has 0 radical (unpaired) electrons. The number of benzene rings is 1. The molecule has 6 heteroatoms. The van der Waals surface area contributed by atoms with Gasteiger partial charge >= 0.3 is 5.97 Å². The van der Waals surface area contributed by atoms with Crippen LogP contribution < -0.4 is 9.47 Å². The van der Waals surface area contributed by atoms with Crippen LogP contribution in [0.5, 0.6) is 11.5 Å². The van der Waals surface area contributed by atoms with Crippen molar-refractivity contribution in [2.75, 3.05) is 19.8 Å². The van der Waals surface area contributed by atoms with Crippen LogP contribution in [0, 0.1) is 0 Å². The topological polar surface area (TPSA) is 77.4 Å². The van der Waals surface area contributed by atoms with Crippen molar-refractivity contribution in [3.63, 3.8) is 0 Å². The van der Waals surface area contributed by atoms with Crippen LogP contribution in [0.4, 0.5) is 0 Å². The van der Waals surface area contributed by atoms with Crippen molar-refractivity contribution in [3.8, 4) is 11.5 Å². The molecule has 1 aromatic rings. The first-order valence-electron chi connectivity index (χ1n) is 6.49. The van der Waals surface area contributed by atoms with E-state index in [9.17, 15) is 4.79 Å². The normalized spacial score (nSPS) is 16.8. The largest absolute Gasteiger partial charge is 0.493 e. The molecular formula is C14H17NO5. The average molecular weight is 279 g/mol. The molecule has 0 amide bonds. The van der Waals surface area contributed by atoms with Gasteiger partial charge in [0.25, 0.3) is 0 Å². The fourth-order valence-electron chi connectivity index (χ4n) is 2.08. The first-order valence-corrected chi connectivity index (χ1v) is 6.49. The second-order valence-corrected chi connectivity index (χ2v) is 4.21. The van der Waals surface area contributed by atoms with Crippen molar-refractivity contribution in [1.29, 1.82) is 0 Å². The summed E-state index contributed by atoms with van der Waals surface area (Å²) in [6, 6.07) is 3.02. The first kappa shape index (κ1) is 14.2. The highest BCUT2D eigenvalue weighted by atomic mass is 16.6. The van der Waals surface area contributed by atoms with Crippen molar-refractivity contribution in [2.45, 2.75) is 19.8 Å². The highest BCUT2D eigenvalue weighted by Crippen LogP contribution is 2.38. The fraction of sp³-hybridized carbons (Fsp3) is 0.429. The Labute approximate surface area is 116 Å². The summed E-state index contributed by atoms with van der Waals surface area (Å²) >= 11 is 0. The number of carboxylic acids is 1. The average Bonchev–Trinajstić information content (AvgIpc) is 2.92. The van der Waals surface area contributed by atoms with Crippen LogP contribution in [0.1, 0.15) is 35.7 Å². The zero-order chi connectivity index (χ0) is 14.5. The molecule has 0 spiro atoms. The van der Waals surface area contributed by atoms with E-state index >= 15 is 0 Å². The number of hydrogen-bond acceptors (Lipinski definition) is 5. The smallest absolute Gasteiger partial charge is 0.335 e. The van der Waals surface area contributed by atoms with Gasteiger partial charge in [-0.25, -0.2) is 4.79 Å². The van der Waals surface area contributed by atoms with Crippen molar-refractivity contribution < 1.29 is 24.2 Å². The molecular weight excluding hydrogens is 262 g/mol. The van der Waals surface area contributed by atoms with Crippen LogP contribution in [-0.2, 0) is 4.84 Å². The lowest BCUT2D eigenvalue weighted by Crippen LogP contribution is -2.10. The lowest BCUT2D eigenvalue weighted by Gasteiger charge is -2.18. The number of aromatic carboxylic acids is 1. The minimum atomic E-state index is -1.02. The van der Waals surface area contributed by atoms with E-state index in [0.29, 0.717) is 31.3 Å². The van der Waals surface area contributed by atoms with E-state index in [1.54, 1.807) is 6.21 Å². The first-order chi connectivity index (χ1) is 9.67. The lowest BCUT2D eigenvalue weighted by molar-refractivity contribution is 0.0695. The predicted octanol–water partition coefficient (Wildman–Crippen LogP) is 2.28. The molecule has 0 saturated heterocycles. The zero-order valence-corrected chi connectivity index (χ0v) is 11.5. The van der Waals surface area contributed by atoms with E-state index in [0.717, 1.165) is 5.56 Å². The van der Waals surface area contributed by atoms with Crippen LogP contribution in [-0.4, -0.2) is 37.1 Å². The molecule has 0 bridgehead atoms. The number of nitrogens with zero attached hydrogens (tertiary/aromatic N) is 1. The third kappa shape index (κ3) is 2.84. The van der Waals surface area contributed by atoms with E-state index in [4.69, 9.17) is 19.4 Å². The zero-order valence-electron chi connectivity index (χ0n) is 11.5. The van der Waals surface area contributed by atoms with E-state index in [-0.39, 0.29) is 11.5 Å². The lowest BCUT2D eigenvalue weighted by atomic mass is 9.97. The molecule has 20 heavy (non-hydrogen) atoms. The maximum Gasteiger partial charge on any atom is 0.335 e. The predicted molar refractivity (Wildman–Crippen MR) is 72.9 cm³/mol. The van der Waals surface area contributed by atoms with Gasteiger partial charge in [-0.1, -0.05) is 5.16 Å². The third-order valence-corrected chi connectivity index (χ3v) is 2.89. The number of carboxylic acid groups (broad SMARTS) is 1. The van der Waals surface area contributed by atoms with Gasteiger partial charge in [0.05, 0.1) is 30.9 Å². The Hall–Kier alpha value is -2.24. The molecule has 1 unspecified atom stereocenters. The Morgan fingerprint density at radius 3 is 2.35 bits per heavy atom. The highest BCUT2D eigenvalue weighted by molar-refractivity contribution is 5.89. The summed E-state index contributed by atoms with van der Waals surface area (Å²) in [6.07, 6.45) is 1.67. The Bertz CT molecular complexity index is 499. The van der Waals surface area contributed by atoms with Crippen molar-refractivity contribution in [2.24, 2.45) is 5.16 Å². The summed E-state index contributed by atoms with van der Waals surface area (Å²) in [5.41, 5.74) is 0.913. The summed E-state index contributed by atoms with van der Waals surface area (Å²) in [4.78, 5) is 16.2. The van der Waals surface area contributed by atoms with Crippen LogP contribution >= 0.6 is 0 Å². The van der Waals surface area contributed by atoms with Crippen LogP contribution in [0.2, 0.25) is 0 Å². The Balaban J connectivity index is 2.53. The summed E-state index contributed by atoms with van der Waals surface area (Å²) in [5, 5.41) is 12.9. The van der Waals surface area contributed by atoms with Gasteiger partial charge in [0.2, 0.25) is 0 Å². The number of ether oxygens (including phenoxy) is 2. The van der Waals surface area contributed by atoms with Crippen molar-refractivity contribution >= 4 is 12.2 Å². The monoisotopic (exact) mass is 279 g/mol. The molecule has 0 fully saturated rings. The van der Waals surface area contributed by atoms with Crippen molar-refractivity contribution in [3.05, 3.63) is 23.3 Å². The van der Waals surface area contributed by atoms with E-state index in [1.165, 1.54) is 12.1 Å². The standard InChI is InChI=1S/C14H17NO5/c1-3-18-11-5-9(14(16)17)6-12(19-4-2)13(11)10-7-15-20-8-10/h5-7,10H,3-4,8H2,1-2H3,(H,16,17). The molecule has 0 aliphatic carbocycles. The number of hydrogen-bond donors (Lipinski definition) is 1. The Morgan fingerprint density at radius 1 is 1.35 bits per heavy atom. The molecule has 1 aromatic carbocycles. The molecule has 0 saturated carbocycles. The van der Waals surface area contributed by atoms with Gasteiger partial charge in [-0.3, -0.25) is 0 Å². The van der Waals surface area contributed by atoms with E-state index < -0.39 is 5.97 Å². The molecule has 2 rings (SSSR count). The fourth-order valence-corrected chi connectivity index (χ4v) is 2.08. The Morgan fingerprint density at radius 2 is 1.95 bits per heavy atom. The summed E-state index contributed by atoms with van der Waals surface area (Å²) in [7, 11) is 0. The van der Waals surface area contributed by atoms with E-state index in [1.807, 2.05) is 13.8 Å². The molecule has 0 aromatic heterocycles. The minimum absolute atomic E-state index is 0.0963. The summed E-state index contributed by atoms with van der Waals surface area (Å²) in [6.45, 7) is 4.96. The number of oxime groups is 1. The molecule has 6 nitrogen and oxygen atoms in total. The molecule has 1 atom stereocenters. The second kappa shape index (κ2) is 6.27. The van der Waals surface area contributed by atoms with Crippen LogP contribution in [0.15, 0.2) is 17.3 Å². The molecule has 1 N–H and O–H groups in total. The van der Waals surface area contributed by atoms with Crippen LogP contribution in [0.3, 0.4) is 0 Å². The van der Waals surface area contributed by atoms with Gasteiger partial charge in [-0.2, -0.15) is 0 Å². The SMILES string of the molecule is CCOc1cc(C(=O)O)cc(OCC)c1C1C=NOC1. The van der Waals surface area contributed by atoms with Gasteiger partial charge in [0.15, 0.2) is 0 Å². The summed E-state index contributed by atoms with van der Waals surface area (Å²) < 4.78 is 11.1. The van der Waals surface area contributed by atoms with Gasteiger partial charge < -0.3 is 19.4 Å². The molecule has 1 aliphatic rings. The van der Waals surface area contributed by atoms with Crippen molar-refractivity contribution in [1.82, 2.24) is 0 Å². The maximum absolute atomic E-state index is 11.2. The molecule has 1 heterocycles. The Kier molecular flexibility index (Phi) is 4.45. The molecule has 1 aliphatic heterocycles.